The smallest absolute Gasteiger partial charge is 0.305 e. The zero-order valence-electron chi connectivity index (χ0n) is 50.3. The number of hydrogen-bond donors (Lipinski definition) is 3. The third-order valence-corrected chi connectivity index (χ3v) is 15.3. The summed E-state index contributed by atoms with van der Waals surface area (Å²) in [6, 6.07) is -0.624. The van der Waals surface area contributed by atoms with Gasteiger partial charge in [0.25, 0.3) is 0 Å². The Morgan fingerprint density at radius 2 is 0.667 bits per heavy atom. The van der Waals surface area contributed by atoms with E-state index in [2.05, 4.69) is 55.6 Å². The van der Waals surface area contributed by atoms with Crippen LogP contribution < -0.4 is 5.32 Å². The van der Waals surface area contributed by atoms with Gasteiger partial charge in [-0.15, -0.1) is 0 Å². The second kappa shape index (κ2) is 64.3. The van der Waals surface area contributed by atoms with Gasteiger partial charge in [-0.1, -0.05) is 300 Å². The first kappa shape index (κ1) is 72.8. The lowest BCUT2D eigenvalue weighted by Crippen LogP contribution is -2.45. The van der Waals surface area contributed by atoms with Gasteiger partial charge in [0.2, 0.25) is 5.91 Å². The van der Waals surface area contributed by atoms with Crippen LogP contribution in [0, 0.1) is 0 Å². The summed E-state index contributed by atoms with van der Waals surface area (Å²) in [6.45, 7) is 4.87. The predicted molar refractivity (Wildman–Crippen MR) is 329 cm³/mol. The number of carbonyl (C=O) groups is 2. The number of esters is 1. The molecular formula is C69H129NO5. The fraction of sp³-hybridized carbons (Fsp3) is 0.855. The van der Waals surface area contributed by atoms with Crippen LogP contribution in [-0.4, -0.2) is 47.4 Å². The first-order valence-electron chi connectivity index (χ1n) is 33.4. The Morgan fingerprint density at radius 1 is 0.373 bits per heavy atom. The van der Waals surface area contributed by atoms with E-state index in [0.29, 0.717) is 19.4 Å². The van der Waals surface area contributed by atoms with E-state index < -0.39 is 12.1 Å². The Kier molecular flexibility index (Phi) is 62.5. The molecule has 0 bridgehead atoms. The van der Waals surface area contributed by atoms with E-state index in [4.69, 9.17) is 4.74 Å². The summed E-state index contributed by atoms with van der Waals surface area (Å²) in [5.74, 6) is -0.0625. The maximum absolute atomic E-state index is 12.4. The first-order valence-corrected chi connectivity index (χ1v) is 33.4. The van der Waals surface area contributed by atoms with Gasteiger partial charge in [-0.05, 0) is 89.9 Å². The molecule has 0 aliphatic carbocycles. The van der Waals surface area contributed by atoms with E-state index >= 15 is 0 Å². The molecule has 0 aliphatic heterocycles. The highest BCUT2D eigenvalue weighted by atomic mass is 16.5. The minimum Gasteiger partial charge on any atom is -0.466 e. The predicted octanol–water partition coefficient (Wildman–Crippen LogP) is 21.3. The van der Waals surface area contributed by atoms with Gasteiger partial charge in [0.1, 0.15) is 0 Å². The normalized spacial score (nSPS) is 12.9. The lowest BCUT2D eigenvalue weighted by atomic mass is 10.0. The van der Waals surface area contributed by atoms with Crippen LogP contribution in [-0.2, 0) is 14.3 Å². The Balaban J connectivity index is 3.35. The molecule has 6 heteroatoms. The topological polar surface area (TPSA) is 95.9 Å². The number of aliphatic hydroxyl groups excluding tert-OH is 2. The van der Waals surface area contributed by atoms with Crippen molar-refractivity contribution in [3.8, 4) is 0 Å². The molecule has 0 aromatic heterocycles. The molecule has 2 unspecified atom stereocenters. The molecule has 0 aromatic carbocycles. The first-order chi connectivity index (χ1) is 37.0. The Hall–Kier alpha value is -2.18. The lowest BCUT2D eigenvalue weighted by molar-refractivity contribution is -0.143. The Morgan fingerprint density at radius 3 is 1.04 bits per heavy atom. The second-order valence-corrected chi connectivity index (χ2v) is 22.8. The van der Waals surface area contributed by atoms with Crippen LogP contribution in [0.5, 0.6) is 0 Å². The number of allylic oxidation sites excluding steroid dienone is 7. The van der Waals surface area contributed by atoms with Gasteiger partial charge < -0.3 is 20.3 Å². The molecule has 0 rings (SSSR count). The molecule has 0 fully saturated rings. The number of aliphatic hydroxyl groups is 2. The minimum atomic E-state index is -0.841. The molecule has 440 valence electrons. The molecule has 0 aromatic rings. The van der Waals surface area contributed by atoms with Gasteiger partial charge in [-0.3, -0.25) is 9.59 Å². The van der Waals surface area contributed by atoms with Crippen molar-refractivity contribution >= 4 is 11.9 Å². The van der Waals surface area contributed by atoms with Gasteiger partial charge in [0, 0.05) is 12.8 Å². The lowest BCUT2D eigenvalue weighted by Gasteiger charge is -2.20. The highest BCUT2D eigenvalue weighted by molar-refractivity contribution is 5.76. The van der Waals surface area contributed by atoms with Crippen LogP contribution >= 0.6 is 0 Å². The van der Waals surface area contributed by atoms with Crippen molar-refractivity contribution in [3.63, 3.8) is 0 Å². The van der Waals surface area contributed by atoms with Crippen molar-refractivity contribution < 1.29 is 24.5 Å². The molecule has 6 nitrogen and oxygen atoms in total. The SMILES string of the molecule is CCCCCC/C=C\C/C=C\CCCCCCCC(=O)OCCCCCCCCCCCCCC/C=C\CCCCCCCCCCCCCCCCCCC(=O)NC(CO)C(O)/C=C/CCCCCCCCCC. The monoisotopic (exact) mass is 1050 g/mol. The number of amides is 1. The zero-order chi connectivity index (χ0) is 54.3. The standard InChI is InChI=1S/C69H129NO5/c1-3-5-7-9-11-13-15-16-17-37-40-43-47-51-55-59-63-69(74)75-64-60-56-52-48-44-41-38-35-33-31-29-27-25-23-21-19-18-20-22-24-26-28-30-32-34-36-39-42-46-50-54-58-62-68(73)70-66(65-71)67(72)61-57-53-49-45-14-12-10-8-6-4-2/h13,15,17,21,23,37,57,61,66-67,71-72H,3-12,14,16,18-20,22,24-36,38-56,58-60,62-65H2,1-2H3,(H,70,73)/b15-13-,23-21-,37-17-,61-57+. The average Bonchev–Trinajstić information content (AvgIpc) is 3.41. The van der Waals surface area contributed by atoms with Crippen LogP contribution in [0.1, 0.15) is 354 Å². The van der Waals surface area contributed by atoms with E-state index in [1.807, 2.05) is 6.08 Å². The summed E-state index contributed by atoms with van der Waals surface area (Å²) in [7, 11) is 0. The zero-order valence-corrected chi connectivity index (χ0v) is 50.3. The summed E-state index contributed by atoms with van der Waals surface area (Å²) in [4.78, 5) is 24.5. The number of hydrogen-bond acceptors (Lipinski definition) is 5. The molecule has 2 atom stereocenters. The van der Waals surface area contributed by atoms with Crippen LogP contribution in [0.4, 0.5) is 0 Å². The van der Waals surface area contributed by atoms with Crippen molar-refractivity contribution in [2.75, 3.05) is 13.2 Å². The molecule has 1 amide bonds. The molecule has 0 aliphatic rings. The van der Waals surface area contributed by atoms with Gasteiger partial charge in [-0.2, -0.15) is 0 Å². The quantitative estimate of drug-likeness (QED) is 0.0320. The molecular weight excluding hydrogens is 923 g/mol. The maximum atomic E-state index is 12.4. The molecule has 75 heavy (non-hydrogen) atoms. The van der Waals surface area contributed by atoms with Crippen LogP contribution in [0.25, 0.3) is 0 Å². The van der Waals surface area contributed by atoms with Crippen molar-refractivity contribution in [2.24, 2.45) is 0 Å². The summed E-state index contributed by atoms with van der Waals surface area (Å²) < 4.78 is 5.49. The molecule has 0 saturated carbocycles. The molecule has 0 spiro atoms. The number of rotatable bonds is 62. The van der Waals surface area contributed by atoms with Gasteiger partial charge in [0.15, 0.2) is 0 Å². The number of nitrogens with one attached hydrogen (secondary N) is 1. The van der Waals surface area contributed by atoms with E-state index in [-0.39, 0.29) is 18.5 Å². The van der Waals surface area contributed by atoms with E-state index in [0.717, 1.165) is 51.4 Å². The van der Waals surface area contributed by atoms with Crippen LogP contribution in [0.15, 0.2) is 48.6 Å². The molecule has 0 saturated heterocycles. The molecule has 0 radical (unpaired) electrons. The van der Waals surface area contributed by atoms with E-state index in [1.165, 1.54) is 276 Å². The summed E-state index contributed by atoms with van der Waals surface area (Å²) in [5.41, 5.74) is 0. The maximum Gasteiger partial charge on any atom is 0.305 e. The van der Waals surface area contributed by atoms with Crippen molar-refractivity contribution in [3.05, 3.63) is 48.6 Å². The summed E-state index contributed by atoms with van der Waals surface area (Å²) in [5, 5.41) is 23.0. The Labute approximate surface area is 467 Å². The second-order valence-electron chi connectivity index (χ2n) is 22.8. The van der Waals surface area contributed by atoms with Gasteiger partial charge in [-0.25, -0.2) is 0 Å². The molecule has 0 heterocycles. The van der Waals surface area contributed by atoms with Crippen molar-refractivity contribution in [1.29, 1.82) is 0 Å². The van der Waals surface area contributed by atoms with Crippen molar-refractivity contribution in [1.82, 2.24) is 5.32 Å². The summed E-state index contributed by atoms with van der Waals surface area (Å²) in [6.07, 6.45) is 83.3. The third kappa shape index (κ3) is 60.9. The van der Waals surface area contributed by atoms with Gasteiger partial charge in [0.05, 0.1) is 25.4 Å². The highest BCUT2D eigenvalue weighted by Gasteiger charge is 2.18. The van der Waals surface area contributed by atoms with Crippen LogP contribution in [0.2, 0.25) is 0 Å². The highest BCUT2D eigenvalue weighted by Crippen LogP contribution is 2.17. The largest absolute Gasteiger partial charge is 0.466 e. The van der Waals surface area contributed by atoms with E-state index in [9.17, 15) is 19.8 Å². The minimum absolute atomic E-state index is 0.00422. The summed E-state index contributed by atoms with van der Waals surface area (Å²) >= 11 is 0. The molecule has 3 N–H and O–H groups in total. The Bertz CT molecular complexity index is 1260. The number of carbonyl (C=O) groups excluding carboxylic acids is 2. The van der Waals surface area contributed by atoms with Crippen molar-refractivity contribution in [2.45, 2.75) is 366 Å². The third-order valence-electron chi connectivity index (χ3n) is 15.3. The number of unbranched alkanes of at least 4 members (excludes halogenated alkanes) is 45. The van der Waals surface area contributed by atoms with Gasteiger partial charge >= 0.3 is 5.97 Å². The van der Waals surface area contributed by atoms with E-state index in [1.54, 1.807) is 6.08 Å². The van der Waals surface area contributed by atoms with Crippen LogP contribution in [0.3, 0.4) is 0 Å². The fourth-order valence-electron chi connectivity index (χ4n) is 10.2. The fourth-order valence-corrected chi connectivity index (χ4v) is 10.2. The average molecular weight is 1050 g/mol. The number of ether oxygens (including phenoxy) is 1.